The molecule has 2 heteroatoms. The smallest absolute Gasteiger partial charge is 0.0543 e. The second-order valence-electron chi connectivity index (χ2n) is 4.77. The molecule has 86 valence electrons. The molecule has 0 aromatic carbocycles. The molecular formula is C12H26O2. The minimum Gasteiger partial charge on any atom is -0.393 e. The van der Waals surface area contributed by atoms with Crippen molar-refractivity contribution >= 4 is 0 Å². The van der Waals surface area contributed by atoms with Crippen LogP contribution >= 0.6 is 0 Å². The van der Waals surface area contributed by atoms with E-state index in [0.717, 1.165) is 31.8 Å². The zero-order valence-corrected chi connectivity index (χ0v) is 10.1. The van der Waals surface area contributed by atoms with Crippen LogP contribution in [-0.2, 0) is 4.74 Å². The average Bonchev–Trinajstić information content (AvgIpc) is 2.03. The van der Waals surface area contributed by atoms with Crippen LogP contribution in [-0.4, -0.2) is 24.9 Å². The molecule has 0 amide bonds. The lowest BCUT2D eigenvalue weighted by Gasteiger charge is -2.15. The average molecular weight is 202 g/mol. The number of aliphatic hydroxyl groups is 1. The van der Waals surface area contributed by atoms with Crippen molar-refractivity contribution in [3.8, 4) is 0 Å². The summed E-state index contributed by atoms with van der Waals surface area (Å²) in [5.74, 6) is 1.22. The van der Waals surface area contributed by atoms with E-state index in [9.17, 15) is 5.11 Å². The van der Waals surface area contributed by atoms with Crippen LogP contribution in [0.15, 0.2) is 0 Å². The Morgan fingerprint density at radius 2 is 1.79 bits per heavy atom. The van der Waals surface area contributed by atoms with Crippen LogP contribution in [0.1, 0.15) is 46.5 Å². The zero-order chi connectivity index (χ0) is 11.0. The molecule has 0 aliphatic rings. The maximum atomic E-state index is 9.70. The van der Waals surface area contributed by atoms with Crippen molar-refractivity contribution in [2.75, 3.05) is 13.7 Å². The molecule has 0 aromatic heterocycles. The van der Waals surface area contributed by atoms with Crippen molar-refractivity contribution in [2.24, 2.45) is 11.8 Å². The fourth-order valence-electron chi connectivity index (χ4n) is 1.70. The zero-order valence-electron chi connectivity index (χ0n) is 10.1. The van der Waals surface area contributed by atoms with E-state index in [2.05, 4.69) is 20.8 Å². The number of hydrogen-bond donors (Lipinski definition) is 1. The van der Waals surface area contributed by atoms with Crippen molar-refractivity contribution in [3.63, 3.8) is 0 Å². The molecule has 0 radical (unpaired) electrons. The highest BCUT2D eigenvalue weighted by molar-refractivity contribution is 4.62. The number of ether oxygens (including phenoxy) is 1. The summed E-state index contributed by atoms with van der Waals surface area (Å²) in [7, 11) is 1.71. The van der Waals surface area contributed by atoms with Crippen LogP contribution in [0.3, 0.4) is 0 Å². The molecule has 0 saturated carbocycles. The van der Waals surface area contributed by atoms with Crippen LogP contribution in [0.2, 0.25) is 0 Å². The van der Waals surface area contributed by atoms with Gasteiger partial charge in [0.2, 0.25) is 0 Å². The molecule has 0 fully saturated rings. The lowest BCUT2D eigenvalue weighted by Crippen LogP contribution is -2.15. The number of rotatable bonds is 8. The molecule has 0 bridgehead atoms. The highest BCUT2D eigenvalue weighted by Gasteiger charge is 2.10. The monoisotopic (exact) mass is 202 g/mol. The molecule has 0 rings (SSSR count). The second kappa shape index (κ2) is 8.25. The number of methoxy groups -OCH3 is 1. The Bertz CT molecular complexity index is 123. The molecule has 2 unspecified atom stereocenters. The summed E-state index contributed by atoms with van der Waals surface area (Å²) in [6.45, 7) is 7.32. The van der Waals surface area contributed by atoms with Gasteiger partial charge in [-0.1, -0.05) is 33.6 Å². The highest BCUT2D eigenvalue weighted by Crippen LogP contribution is 2.14. The van der Waals surface area contributed by atoms with Crippen molar-refractivity contribution in [1.29, 1.82) is 0 Å². The largest absolute Gasteiger partial charge is 0.393 e. The fourth-order valence-corrected chi connectivity index (χ4v) is 1.70. The first kappa shape index (κ1) is 13.9. The molecule has 0 saturated heterocycles. The third-order valence-electron chi connectivity index (χ3n) is 2.44. The molecule has 2 atom stereocenters. The summed E-state index contributed by atoms with van der Waals surface area (Å²) in [6, 6.07) is 0. The standard InChI is InChI=1S/C12H26O2/c1-10(2)6-5-7-12(13)8-11(3)9-14-4/h10-13H,5-9H2,1-4H3. The van der Waals surface area contributed by atoms with Gasteiger partial charge in [0.1, 0.15) is 0 Å². The summed E-state index contributed by atoms with van der Waals surface area (Å²) < 4.78 is 5.04. The second-order valence-corrected chi connectivity index (χ2v) is 4.77. The topological polar surface area (TPSA) is 29.5 Å². The van der Waals surface area contributed by atoms with Gasteiger partial charge < -0.3 is 9.84 Å². The van der Waals surface area contributed by atoms with Gasteiger partial charge in [0, 0.05) is 13.7 Å². The Labute approximate surface area is 88.7 Å². The van der Waals surface area contributed by atoms with Crippen LogP contribution in [0.4, 0.5) is 0 Å². The van der Waals surface area contributed by atoms with Gasteiger partial charge in [0.05, 0.1) is 6.10 Å². The Hall–Kier alpha value is -0.0800. The van der Waals surface area contributed by atoms with Gasteiger partial charge in [-0.05, 0) is 24.7 Å². The predicted molar refractivity (Wildman–Crippen MR) is 60.4 cm³/mol. The van der Waals surface area contributed by atoms with Gasteiger partial charge >= 0.3 is 0 Å². The molecule has 1 N–H and O–H groups in total. The number of aliphatic hydroxyl groups excluding tert-OH is 1. The molecule has 0 heterocycles. The normalized spacial score (nSPS) is 15.9. The van der Waals surface area contributed by atoms with Crippen LogP contribution in [0, 0.1) is 11.8 Å². The van der Waals surface area contributed by atoms with E-state index in [4.69, 9.17) is 4.74 Å². The van der Waals surface area contributed by atoms with Crippen LogP contribution < -0.4 is 0 Å². The van der Waals surface area contributed by atoms with Gasteiger partial charge in [0.15, 0.2) is 0 Å². The Balaban J connectivity index is 3.39. The predicted octanol–water partition coefficient (Wildman–Crippen LogP) is 2.85. The first-order valence-electron chi connectivity index (χ1n) is 5.73. The van der Waals surface area contributed by atoms with Gasteiger partial charge in [-0.3, -0.25) is 0 Å². The third-order valence-corrected chi connectivity index (χ3v) is 2.44. The molecule has 0 aliphatic heterocycles. The summed E-state index contributed by atoms with van der Waals surface area (Å²) in [6.07, 6.45) is 4.02. The number of hydrogen-bond acceptors (Lipinski definition) is 2. The van der Waals surface area contributed by atoms with Crippen molar-refractivity contribution < 1.29 is 9.84 Å². The van der Waals surface area contributed by atoms with Crippen molar-refractivity contribution in [3.05, 3.63) is 0 Å². The lowest BCUT2D eigenvalue weighted by atomic mass is 9.98. The summed E-state index contributed by atoms with van der Waals surface area (Å²) in [5, 5.41) is 9.70. The van der Waals surface area contributed by atoms with E-state index in [1.807, 2.05) is 0 Å². The van der Waals surface area contributed by atoms with E-state index < -0.39 is 0 Å². The molecule has 2 nitrogen and oxygen atoms in total. The first-order chi connectivity index (χ1) is 6.56. The van der Waals surface area contributed by atoms with Crippen LogP contribution in [0.5, 0.6) is 0 Å². The van der Waals surface area contributed by atoms with Crippen molar-refractivity contribution in [1.82, 2.24) is 0 Å². The van der Waals surface area contributed by atoms with Gasteiger partial charge in [-0.2, -0.15) is 0 Å². The van der Waals surface area contributed by atoms with E-state index >= 15 is 0 Å². The highest BCUT2D eigenvalue weighted by atomic mass is 16.5. The fraction of sp³-hybridized carbons (Fsp3) is 1.00. The molecule has 0 spiro atoms. The van der Waals surface area contributed by atoms with Crippen LogP contribution in [0.25, 0.3) is 0 Å². The maximum Gasteiger partial charge on any atom is 0.0543 e. The van der Waals surface area contributed by atoms with Crippen molar-refractivity contribution in [2.45, 2.75) is 52.6 Å². The third kappa shape index (κ3) is 8.52. The van der Waals surface area contributed by atoms with E-state index in [1.54, 1.807) is 7.11 Å². The maximum absolute atomic E-state index is 9.70. The first-order valence-corrected chi connectivity index (χ1v) is 5.73. The van der Waals surface area contributed by atoms with Gasteiger partial charge in [-0.15, -0.1) is 0 Å². The lowest BCUT2D eigenvalue weighted by molar-refractivity contribution is 0.0943. The van der Waals surface area contributed by atoms with E-state index in [1.165, 1.54) is 6.42 Å². The summed E-state index contributed by atoms with van der Waals surface area (Å²) in [4.78, 5) is 0. The Morgan fingerprint density at radius 1 is 1.14 bits per heavy atom. The van der Waals surface area contributed by atoms with E-state index in [0.29, 0.717) is 5.92 Å². The molecule has 0 aromatic rings. The molecule has 0 aliphatic carbocycles. The Kier molecular flexibility index (Phi) is 8.20. The van der Waals surface area contributed by atoms with Gasteiger partial charge in [-0.25, -0.2) is 0 Å². The summed E-state index contributed by atoms with van der Waals surface area (Å²) >= 11 is 0. The SMILES string of the molecule is COCC(C)CC(O)CCCC(C)C. The summed E-state index contributed by atoms with van der Waals surface area (Å²) in [5.41, 5.74) is 0. The van der Waals surface area contributed by atoms with Gasteiger partial charge in [0.25, 0.3) is 0 Å². The Morgan fingerprint density at radius 3 is 2.29 bits per heavy atom. The quantitative estimate of drug-likeness (QED) is 0.656. The minimum absolute atomic E-state index is 0.140. The minimum atomic E-state index is -0.140. The molecule has 14 heavy (non-hydrogen) atoms. The molecular weight excluding hydrogens is 176 g/mol. The van der Waals surface area contributed by atoms with E-state index in [-0.39, 0.29) is 6.10 Å².